The molecule has 3 heterocycles. The van der Waals surface area contributed by atoms with Crippen molar-refractivity contribution >= 4 is 5.78 Å². The quantitative estimate of drug-likeness (QED) is 0.0501. The average Bonchev–Trinajstić information content (AvgIpc) is 3.21. The first-order valence-electron chi connectivity index (χ1n) is 25.6. The van der Waals surface area contributed by atoms with Gasteiger partial charge in [-0.25, -0.2) is 57.1 Å². The van der Waals surface area contributed by atoms with Crippen LogP contribution in [0.3, 0.4) is 0 Å². The molecule has 18 heteroatoms. The second kappa shape index (κ2) is 26.5. The Hall–Kier alpha value is -9.97. The number of ketones is 1. The Balaban J connectivity index is 0.000000149. The third-order valence-electron chi connectivity index (χ3n) is 13.4. The standard InChI is InChI=1S/C18H9F5.2C18H11F4N.C13H15N2O/c19-14-13(15(20)17(22)18(23)16(14)21)12-8-4-7-11(9-12)10-5-2-1-3-6-10;1-10-14(16(20)18(22)17(21)15(10)19)12-7-5-11(6-8-12)13-4-2-3-9-23-13;1-10-14(16(20)18(22)17(21)15(10)19)12-7-8-13(23-9-12)11-5-3-2-4-6-11;1-10-6-4-5-7-13(10)15-9-12(11(2)16)8-14(15)3/h1-9H;2*2-9H,1H3;4-9H,1-3H3/q;;;+1. The molecule has 8 aromatic carbocycles. The van der Waals surface area contributed by atoms with E-state index in [1.54, 1.807) is 79.9 Å². The molecule has 0 radical (unpaired) electrons. The number of aromatic nitrogens is 4. The summed E-state index contributed by atoms with van der Waals surface area (Å²) in [7, 11) is 1.93. The zero-order chi connectivity index (χ0) is 61.4. The van der Waals surface area contributed by atoms with E-state index in [9.17, 15) is 61.9 Å². The molecule has 0 saturated heterocycles. The minimum Gasteiger partial charge on any atom is -0.294 e. The Labute approximate surface area is 479 Å². The van der Waals surface area contributed by atoms with Crippen molar-refractivity contribution in [3.63, 3.8) is 0 Å². The van der Waals surface area contributed by atoms with Crippen molar-refractivity contribution in [2.75, 3.05) is 0 Å². The molecule has 0 N–H and O–H groups in total. The lowest BCUT2D eigenvalue weighted by Crippen LogP contribution is -2.37. The molecule has 0 saturated carbocycles. The number of nitrogens with zero attached hydrogens (tertiary/aromatic N) is 4. The van der Waals surface area contributed by atoms with E-state index >= 15 is 0 Å². The van der Waals surface area contributed by atoms with Crippen molar-refractivity contribution in [3.8, 4) is 72.7 Å². The van der Waals surface area contributed by atoms with Crippen LogP contribution in [-0.4, -0.2) is 20.4 Å². The van der Waals surface area contributed by atoms with Crippen LogP contribution in [0.15, 0.2) is 189 Å². The average molecular weight is 1170 g/mol. The van der Waals surface area contributed by atoms with E-state index in [0.717, 1.165) is 27.9 Å². The van der Waals surface area contributed by atoms with Gasteiger partial charge in [-0.05, 0) is 97.0 Å². The number of hydrogen-bond acceptors (Lipinski definition) is 3. The van der Waals surface area contributed by atoms with Crippen molar-refractivity contribution in [2.24, 2.45) is 7.05 Å². The van der Waals surface area contributed by atoms with Crippen molar-refractivity contribution in [2.45, 2.75) is 27.7 Å². The van der Waals surface area contributed by atoms with Gasteiger partial charge in [0.05, 0.1) is 23.1 Å². The van der Waals surface area contributed by atoms with E-state index in [4.69, 9.17) is 0 Å². The van der Waals surface area contributed by atoms with Crippen LogP contribution in [0.4, 0.5) is 57.1 Å². The first kappa shape index (κ1) is 61.1. The normalized spacial score (nSPS) is 10.8. The third kappa shape index (κ3) is 13.1. The van der Waals surface area contributed by atoms with Gasteiger partial charge in [0.15, 0.2) is 82.6 Å². The number of para-hydroxylation sites is 1. The number of aryl methyl sites for hydroxylation is 2. The maximum absolute atomic E-state index is 14.0. The highest BCUT2D eigenvalue weighted by atomic mass is 19.2. The second-order valence-corrected chi connectivity index (χ2v) is 19.0. The van der Waals surface area contributed by atoms with Crippen LogP contribution in [0.25, 0.3) is 72.7 Å². The molecule has 0 amide bonds. The molecular formula is C67H46F13N4O+. The minimum atomic E-state index is -2.16. The molecule has 11 aromatic rings. The number of carbonyl (C=O) groups excluding carboxylic acids is 1. The number of rotatable bonds is 8. The molecule has 0 atom stereocenters. The van der Waals surface area contributed by atoms with Crippen LogP contribution < -0.4 is 4.68 Å². The summed E-state index contributed by atoms with van der Waals surface area (Å²) >= 11 is 0. The van der Waals surface area contributed by atoms with Crippen molar-refractivity contribution < 1.29 is 66.6 Å². The van der Waals surface area contributed by atoms with E-state index < -0.39 is 81.2 Å². The Bertz CT molecular complexity index is 3980. The monoisotopic (exact) mass is 1170 g/mol. The van der Waals surface area contributed by atoms with Gasteiger partial charge in [0.25, 0.3) is 0 Å². The van der Waals surface area contributed by atoms with Crippen LogP contribution in [0.2, 0.25) is 0 Å². The predicted molar refractivity (Wildman–Crippen MR) is 298 cm³/mol. The van der Waals surface area contributed by atoms with Crippen LogP contribution in [0, 0.1) is 96.4 Å². The summed E-state index contributed by atoms with van der Waals surface area (Å²) in [6, 6.07) is 47.0. The molecule has 0 aliphatic rings. The predicted octanol–water partition coefficient (Wildman–Crippen LogP) is 18.1. The van der Waals surface area contributed by atoms with Gasteiger partial charge in [0.1, 0.15) is 11.3 Å². The van der Waals surface area contributed by atoms with Gasteiger partial charge in [-0.3, -0.25) is 14.8 Å². The highest BCUT2D eigenvalue weighted by molar-refractivity contribution is 5.93. The molecule has 5 nitrogen and oxygen atoms in total. The highest BCUT2D eigenvalue weighted by Crippen LogP contribution is 2.36. The summed E-state index contributed by atoms with van der Waals surface area (Å²) in [5, 5.41) is 0. The molecule has 430 valence electrons. The molecule has 0 aliphatic heterocycles. The topological polar surface area (TPSA) is 51.7 Å². The number of benzene rings is 8. The van der Waals surface area contributed by atoms with E-state index in [1.807, 2.05) is 83.4 Å². The summed E-state index contributed by atoms with van der Waals surface area (Å²) in [6.45, 7) is 6.05. The Kier molecular flexibility index (Phi) is 19.1. The summed E-state index contributed by atoms with van der Waals surface area (Å²) in [6.07, 6.45) is 6.65. The zero-order valence-corrected chi connectivity index (χ0v) is 45.5. The molecule has 11 rings (SSSR count). The van der Waals surface area contributed by atoms with E-state index in [-0.39, 0.29) is 44.7 Å². The lowest BCUT2D eigenvalue weighted by atomic mass is 9.97. The summed E-state index contributed by atoms with van der Waals surface area (Å²) in [5.74, 6) is -22.5. The van der Waals surface area contributed by atoms with Gasteiger partial charge in [-0.2, -0.15) is 0 Å². The van der Waals surface area contributed by atoms with Crippen molar-refractivity contribution in [3.05, 3.63) is 286 Å². The smallest absolute Gasteiger partial charge is 0.206 e. The van der Waals surface area contributed by atoms with Gasteiger partial charge in [-0.1, -0.05) is 133 Å². The molecular weight excluding hydrogens is 1120 g/mol. The van der Waals surface area contributed by atoms with Gasteiger partial charge in [0, 0.05) is 40.2 Å². The molecule has 0 unspecified atom stereocenters. The first-order valence-corrected chi connectivity index (χ1v) is 25.6. The number of Topliss-reactive ketones (excluding diaryl/α,β-unsaturated/α-hetero) is 1. The number of pyridine rings is 2. The fraction of sp³-hybridized carbons (Fsp3) is 0.0746. The molecule has 3 aromatic heterocycles. The van der Waals surface area contributed by atoms with Crippen LogP contribution in [0.1, 0.15) is 34.0 Å². The highest BCUT2D eigenvalue weighted by Gasteiger charge is 2.28. The van der Waals surface area contributed by atoms with Gasteiger partial charge < -0.3 is 0 Å². The van der Waals surface area contributed by atoms with Gasteiger partial charge in [0.2, 0.25) is 12.0 Å². The van der Waals surface area contributed by atoms with Crippen LogP contribution in [-0.2, 0) is 7.05 Å². The lowest BCUT2D eigenvalue weighted by Gasteiger charge is -2.11. The fourth-order valence-electron chi connectivity index (χ4n) is 8.94. The molecule has 0 fully saturated rings. The number of hydrogen-bond donors (Lipinski definition) is 0. The Morgan fingerprint density at radius 1 is 0.388 bits per heavy atom. The molecule has 0 bridgehead atoms. The van der Waals surface area contributed by atoms with Crippen molar-refractivity contribution in [1.29, 1.82) is 0 Å². The zero-order valence-electron chi connectivity index (χ0n) is 45.5. The molecule has 0 spiro atoms. The SMILES string of the molecule is CC(=O)c1cn(-c2ccccc2C)[n+](C)c1.Cc1c(F)c(F)c(F)c(F)c1-c1ccc(-c2ccccc2)nc1.Cc1c(F)c(F)c(F)c(F)c1-c1ccc(-c2ccccn2)cc1.Fc1c(F)c(F)c(-c2cccc(-c3ccccc3)c2)c(F)c1F. The van der Waals surface area contributed by atoms with Gasteiger partial charge in [-0.15, -0.1) is 9.36 Å². The van der Waals surface area contributed by atoms with Crippen LogP contribution in [0.5, 0.6) is 0 Å². The van der Waals surface area contributed by atoms with E-state index in [2.05, 4.69) is 23.0 Å². The lowest BCUT2D eigenvalue weighted by molar-refractivity contribution is -0.744. The largest absolute Gasteiger partial charge is 0.294 e. The fourth-order valence-corrected chi connectivity index (χ4v) is 8.94. The summed E-state index contributed by atoms with van der Waals surface area (Å²) in [4.78, 5) is 19.7. The third-order valence-corrected chi connectivity index (χ3v) is 13.4. The minimum absolute atomic E-state index is 0.0841. The van der Waals surface area contributed by atoms with Crippen LogP contribution >= 0.6 is 0 Å². The van der Waals surface area contributed by atoms with Crippen molar-refractivity contribution in [1.82, 2.24) is 14.6 Å². The van der Waals surface area contributed by atoms with E-state index in [0.29, 0.717) is 17.0 Å². The molecule has 85 heavy (non-hydrogen) atoms. The Morgan fingerprint density at radius 2 is 0.812 bits per heavy atom. The molecule has 0 aliphatic carbocycles. The maximum atomic E-state index is 14.0. The first-order chi connectivity index (χ1) is 40.6. The summed E-state index contributed by atoms with van der Waals surface area (Å²) in [5.41, 5.74) is 5.60. The number of halogens is 13. The van der Waals surface area contributed by atoms with E-state index in [1.165, 1.54) is 62.0 Å². The maximum Gasteiger partial charge on any atom is 0.206 e. The second-order valence-electron chi connectivity index (χ2n) is 19.0. The Morgan fingerprint density at radius 3 is 1.32 bits per heavy atom. The summed E-state index contributed by atoms with van der Waals surface area (Å²) < 4.78 is 180. The van der Waals surface area contributed by atoms with Gasteiger partial charge >= 0.3 is 0 Å². The number of carbonyl (C=O) groups is 1.